The van der Waals surface area contributed by atoms with Crippen LogP contribution in [0.25, 0.3) is 0 Å². The maximum Gasteiger partial charge on any atom is 0.224 e. The molecule has 0 bridgehead atoms. The Labute approximate surface area is 128 Å². The molecule has 0 aliphatic heterocycles. The van der Waals surface area contributed by atoms with Crippen molar-refractivity contribution in [2.45, 2.75) is 64.3 Å². The lowest BCUT2D eigenvalue weighted by Crippen LogP contribution is -2.36. The number of aryl methyl sites for hydroxylation is 1. The van der Waals surface area contributed by atoms with Crippen LogP contribution in [-0.4, -0.2) is 19.1 Å². The minimum absolute atomic E-state index is 0.144. The van der Waals surface area contributed by atoms with Crippen LogP contribution in [0.2, 0.25) is 0 Å². The second-order valence-electron chi connectivity index (χ2n) is 6.09. The molecule has 1 aliphatic carbocycles. The number of hydrogen-bond acceptors (Lipinski definition) is 2. The van der Waals surface area contributed by atoms with Crippen LogP contribution in [0.1, 0.15) is 56.1 Å². The minimum atomic E-state index is 0.144. The van der Waals surface area contributed by atoms with Gasteiger partial charge in [-0.1, -0.05) is 44.2 Å². The molecule has 1 fully saturated rings. The molecule has 1 aliphatic rings. The van der Waals surface area contributed by atoms with E-state index in [0.717, 1.165) is 29.7 Å². The van der Waals surface area contributed by atoms with Gasteiger partial charge in [-0.15, -0.1) is 0 Å². The lowest BCUT2D eigenvalue weighted by molar-refractivity contribution is -0.121. The Hall–Kier alpha value is -1.51. The molecule has 1 N–H and O–H groups in total. The van der Waals surface area contributed by atoms with Crippen LogP contribution in [0.4, 0.5) is 0 Å². The number of nitrogens with one attached hydrogen (secondary N) is 1. The zero-order valence-corrected chi connectivity index (χ0v) is 13.3. The Balaban J connectivity index is 1.87. The highest BCUT2D eigenvalue weighted by Gasteiger charge is 2.14. The average Bonchev–Trinajstić information content (AvgIpc) is 2.42. The van der Waals surface area contributed by atoms with E-state index in [4.69, 9.17) is 4.74 Å². The first-order chi connectivity index (χ1) is 10.2. The minimum Gasteiger partial charge on any atom is -0.496 e. The van der Waals surface area contributed by atoms with Crippen molar-refractivity contribution in [3.8, 4) is 5.75 Å². The maximum atomic E-state index is 12.2. The first kappa shape index (κ1) is 15.9. The lowest BCUT2D eigenvalue weighted by atomic mass is 9.96. The number of ether oxygens (including phenoxy) is 1. The van der Waals surface area contributed by atoms with E-state index in [-0.39, 0.29) is 5.91 Å². The van der Waals surface area contributed by atoms with Crippen molar-refractivity contribution in [1.82, 2.24) is 5.32 Å². The van der Waals surface area contributed by atoms with Gasteiger partial charge < -0.3 is 10.1 Å². The summed E-state index contributed by atoms with van der Waals surface area (Å²) in [4.78, 5) is 12.2. The van der Waals surface area contributed by atoms with E-state index in [2.05, 4.69) is 5.32 Å². The van der Waals surface area contributed by atoms with Crippen molar-refractivity contribution >= 4 is 5.91 Å². The molecular weight excluding hydrogens is 262 g/mol. The van der Waals surface area contributed by atoms with Crippen molar-refractivity contribution in [2.75, 3.05) is 7.11 Å². The van der Waals surface area contributed by atoms with Gasteiger partial charge in [0.15, 0.2) is 0 Å². The molecule has 0 spiro atoms. The van der Waals surface area contributed by atoms with Crippen LogP contribution in [-0.2, 0) is 11.2 Å². The fourth-order valence-electron chi connectivity index (χ4n) is 3.12. The summed E-state index contributed by atoms with van der Waals surface area (Å²) in [7, 11) is 1.67. The standard InChI is InChI=1S/C18H27NO2/c1-14-12-15(10-11-17(14)21-2)13-18(20)19-16-8-6-4-3-5-7-9-16/h10-12,16H,3-9,13H2,1-2H3,(H,19,20). The molecule has 0 saturated heterocycles. The summed E-state index contributed by atoms with van der Waals surface area (Å²) in [5.41, 5.74) is 2.13. The van der Waals surface area contributed by atoms with Crippen LogP contribution >= 0.6 is 0 Å². The number of hydrogen-bond donors (Lipinski definition) is 1. The molecule has 0 unspecified atom stereocenters. The normalized spacial score (nSPS) is 16.9. The first-order valence-electron chi connectivity index (χ1n) is 8.12. The van der Waals surface area contributed by atoms with Gasteiger partial charge in [-0.25, -0.2) is 0 Å². The molecule has 1 aromatic carbocycles. The number of methoxy groups -OCH3 is 1. The number of benzene rings is 1. The van der Waals surface area contributed by atoms with E-state index >= 15 is 0 Å². The third-order valence-corrected chi connectivity index (χ3v) is 4.29. The van der Waals surface area contributed by atoms with Gasteiger partial charge in [0.2, 0.25) is 5.91 Å². The van der Waals surface area contributed by atoms with Crippen LogP contribution in [0.5, 0.6) is 5.75 Å². The molecule has 2 rings (SSSR count). The molecule has 1 aromatic rings. The van der Waals surface area contributed by atoms with Crippen molar-refractivity contribution in [2.24, 2.45) is 0 Å². The van der Waals surface area contributed by atoms with E-state index in [0.29, 0.717) is 12.5 Å². The second-order valence-corrected chi connectivity index (χ2v) is 6.09. The molecule has 0 aromatic heterocycles. The monoisotopic (exact) mass is 289 g/mol. The smallest absolute Gasteiger partial charge is 0.224 e. The van der Waals surface area contributed by atoms with E-state index in [1.807, 2.05) is 25.1 Å². The molecule has 21 heavy (non-hydrogen) atoms. The van der Waals surface area contributed by atoms with Gasteiger partial charge >= 0.3 is 0 Å². The number of amides is 1. The Bertz CT molecular complexity index is 462. The molecule has 1 amide bonds. The van der Waals surface area contributed by atoms with E-state index in [1.54, 1.807) is 7.11 Å². The number of rotatable bonds is 4. The molecule has 0 heterocycles. The fraction of sp³-hybridized carbons (Fsp3) is 0.611. The Morgan fingerprint density at radius 1 is 1.19 bits per heavy atom. The predicted octanol–water partition coefficient (Wildman–Crippen LogP) is 3.78. The van der Waals surface area contributed by atoms with Gasteiger partial charge in [0, 0.05) is 6.04 Å². The van der Waals surface area contributed by atoms with Crippen molar-refractivity contribution < 1.29 is 9.53 Å². The van der Waals surface area contributed by atoms with Gasteiger partial charge in [-0.2, -0.15) is 0 Å². The Morgan fingerprint density at radius 2 is 1.86 bits per heavy atom. The van der Waals surface area contributed by atoms with E-state index < -0.39 is 0 Å². The Morgan fingerprint density at radius 3 is 2.48 bits per heavy atom. The summed E-state index contributed by atoms with van der Waals surface area (Å²) in [6.45, 7) is 2.01. The quantitative estimate of drug-likeness (QED) is 0.916. The summed E-state index contributed by atoms with van der Waals surface area (Å²) in [6, 6.07) is 6.32. The van der Waals surface area contributed by atoms with Gasteiger partial charge in [0.25, 0.3) is 0 Å². The van der Waals surface area contributed by atoms with Crippen LogP contribution in [0.3, 0.4) is 0 Å². The maximum absolute atomic E-state index is 12.2. The average molecular weight is 289 g/mol. The predicted molar refractivity (Wildman–Crippen MR) is 85.7 cm³/mol. The van der Waals surface area contributed by atoms with Gasteiger partial charge in [0.05, 0.1) is 13.5 Å². The SMILES string of the molecule is COc1ccc(CC(=O)NC2CCCCCCC2)cc1C. The third-order valence-electron chi connectivity index (χ3n) is 4.29. The summed E-state index contributed by atoms with van der Waals surface area (Å²) < 4.78 is 5.25. The molecule has 0 radical (unpaired) electrons. The number of carbonyl (C=O) groups is 1. The largest absolute Gasteiger partial charge is 0.496 e. The molecule has 0 atom stereocenters. The summed E-state index contributed by atoms with van der Waals surface area (Å²) in [5, 5.41) is 3.21. The van der Waals surface area contributed by atoms with Gasteiger partial charge in [-0.05, 0) is 37.0 Å². The second kappa shape index (κ2) is 8.06. The van der Waals surface area contributed by atoms with Crippen LogP contribution < -0.4 is 10.1 Å². The van der Waals surface area contributed by atoms with E-state index in [9.17, 15) is 4.79 Å². The first-order valence-corrected chi connectivity index (χ1v) is 8.12. The summed E-state index contributed by atoms with van der Waals surface area (Å²) >= 11 is 0. The number of carbonyl (C=O) groups excluding carboxylic acids is 1. The van der Waals surface area contributed by atoms with Crippen molar-refractivity contribution in [3.05, 3.63) is 29.3 Å². The van der Waals surface area contributed by atoms with Crippen LogP contribution in [0.15, 0.2) is 18.2 Å². The van der Waals surface area contributed by atoms with E-state index in [1.165, 1.54) is 32.1 Å². The molecule has 3 heteroatoms. The van der Waals surface area contributed by atoms with Crippen LogP contribution in [0, 0.1) is 6.92 Å². The molecule has 1 saturated carbocycles. The van der Waals surface area contributed by atoms with Crippen molar-refractivity contribution in [3.63, 3.8) is 0 Å². The third kappa shape index (κ3) is 5.07. The highest BCUT2D eigenvalue weighted by molar-refractivity contribution is 5.79. The molecule has 116 valence electrons. The van der Waals surface area contributed by atoms with Gasteiger partial charge in [0.1, 0.15) is 5.75 Å². The van der Waals surface area contributed by atoms with Crippen molar-refractivity contribution in [1.29, 1.82) is 0 Å². The lowest BCUT2D eigenvalue weighted by Gasteiger charge is -2.21. The fourth-order valence-corrected chi connectivity index (χ4v) is 3.12. The summed E-state index contributed by atoms with van der Waals surface area (Å²) in [5.74, 6) is 1.02. The van der Waals surface area contributed by atoms with Gasteiger partial charge in [-0.3, -0.25) is 4.79 Å². The molecule has 3 nitrogen and oxygen atoms in total. The Kier molecular flexibility index (Phi) is 6.09. The summed E-state index contributed by atoms with van der Waals surface area (Å²) in [6.07, 6.45) is 9.18. The zero-order valence-electron chi connectivity index (χ0n) is 13.3. The highest BCUT2D eigenvalue weighted by atomic mass is 16.5. The topological polar surface area (TPSA) is 38.3 Å². The highest BCUT2D eigenvalue weighted by Crippen LogP contribution is 2.19. The zero-order chi connectivity index (χ0) is 15.1. The molecular formula is C18H27NO2.